The molecule has 0 radical (unpaired) electrons. The van der Waals surface area contributed by atoms with Crippen LogP contribution in [0.25, 0.3) is 0 Å². The summed E-state index contributed by atoms with van der Waals surface area (Å²) >= 11 is 0. The highest BCUT2D eigenvalue weighted by Crippen LogP contribution is 2.11. The lowest BCUT2D eigenvalue weighted by atomic mass is 10.2. The highest BCUT2D eigenvalue weighted by molar-refractivity contribution is 5.90. The van der Waals surface area contributed by atoms with Gasteiger partial charge in [0.05, 0.1) is 6.61 Å². The molecule has 1 aliphatic rings. The largest absolute Gasteiger partial charge is 0.462 e. The van der Waals surface area contributed by atoms with Crippen molar-refractivity contribution >= 4 is 5.97 Å². The van der Waals surface area contributed by atoms with Gasteiger partial charge in [-0.3, -0.25) is 0 Å². The molecule has 0 unspecified atom stereocenters. The molecule has 0 atom stereocenters. The van der Waals surface area contributed by atoms with E-state index in [4.69, 9.17) is 0 Å². The summed E-state index contributed by atoms with van der Waals surface area (Å²) in [5.41, 5.74) is 0.810. The van der Waals surface area contributed by atoms with Crippen LogP contribution in [-0.2, 0) is 9.53 Å². The summed E-state index contributed by atoms with van der Waals surface area (Å²) in [5.74, 6) is -0.146. The number of allylic oxidation sites excluding steroid dienone is 1. The molecule has 1 rings (SSSR count). The molecular weight excluding hydrogens is 140 g/mol. The van der Waals surface area contributed by atoms with E-state index in [-0.39, 0.29) is 5.97 Å². The number of hydrogen-bond acceptors (Lipinski definition) is 2. The van der Waals surface area contributed by atoms with Crippen molar-refractivity contribution in [3.8, 4) is 0 Å². The summed E-state index contributed by atoms with van der Waals surface area (Å²) in [7, 11) is 0. The lowest BCUT2D eigenvalue weighted by Gasteiger charge is -1.84. The molecule has 0 aromatic rings. The monoisotopic (exact) mass is 156 g/mol. The minimum Gasteiger partial charge on any atom is -0.462 e. The SMILES string of the molecule is C/C=C1\CCOC1=O.CCC. The molecule has 2 nitrogen and oxygen atoms in total. The van der Waals surface area contributed by atoms with Crippen LogP contribution in [0.2, 0.25) is 0 Å². The van der Waals surface area contributed by atoms with E-state index in [2.05, 4.69) is 18.6 Å². The minimum absolute atomic E-state index is 0.146. The van der Waals surface area contributed by atoms with E-state index in [1.165, 1.54) is 6.42 Å². The van der Waals surface area contributed by atoms with Gasteiger partial charge in [0.25, 0.3) is 0 Å². The summed E-state index contributed by atoms with van der Waals surface area (Å²) in [6.45, 7) is 6.67. The number of hydrogen-bond donors (Lipinski definition) is 0. The molecule has 0 spiro atoms. The van der Waals surface area contributed by atoms with Gasteiger partial charge in [0.1, 0.15) is 0 Å². The summed E-state index contributed by atoms with van der Waals surface area (Å²) in [5, 5.41) is 0. The van der Waals surface area contributed by atoms with E-state index >= 15 is 0 Å². The first-order valence-electron chi connectivity index (χ1n) is 4.08. The zero-order chi connectivity index (χ0) is 8.69. The highest BCUT2D eigenvalue weighted by Gasteiger charge is 2.16. The fourth-order valence-electron chi connectivity index (χ4n) is 0.711. The lowest BCUT2D eigenvalue weighted by Crippen LogP contribution is -1.93. The van der Waals surface area contributed by atoms with E-state index in [1.54, 1.807) is 6.08 Å². The topological polar surface area (TPSA) is 26.3 Å². The third-order valence-corrected chi connectivity index (χ3v) is 1.22. The molecular formula is C9H16O2. The number of rotatable bonds is 0. The van der Waals surface area contributed by atoms with Crippen molar-refractivity contribution in [2.24, 2.45) is 0 Å². The van der Waals surface area contributed by atoms with Gasteiger partial charge in [-0.05, 0) is 6.92 Å². The van der Waals surface area contributed by atoms with E-state index < -0.39 is 0 Å². The van der Waals surface area contributed by atoms with Crippen molar-refractivity contribution in [3.63, 3.8) is 0 Å². The summed E-state index contributed by atoms with van der Waals surface area (Å²) < 4.78 is 4.65. The second-order valence-corrected chi connectivity index (χ2v) is 2.41. The van der Waals surface area contributed by atoms with Crippen LogP contribution in [-0.4, -0.2) is 12.6 Å². The normalized spacial score (nSPS) is 19.2. The van der Waals surface area contributed by atoms with Gasteiger partial charge in [-0.15, -0.1) is 0 Å². The Morgan fingerprint density at radius 1 is 1.55 bits per heavy atom. The van der Waals surface area contributed by atoms with Crippen molar-refractivity contribution < 1.29 is 9.53 Å². The average molecular weight is 156 g/mol. The molecule has 1 fully saturated rings. The zero-order valence-electron chi connectivity index (χ0n) is 7.52. The smallest absolute Gasteiger partial charge is 0.333 e. The summed E-state index contributed by atoms with van der Waals surface area (Å²) in [6.07, 6.45) is 3.84. The van der Waals surface area contributed by atoms with Gasteiger partial charge in [0, 0.05) is 12.0 Å². The predicted octanol–water partition coefficient (Wildman–Crippen LogP) is 2.30. The maximum atomic E-state index is 10.5. The van der Waals surface area contributed by atoms with Crippen LogP contribution in [0, 0.1) is 0 Å². The molecule has 1 heterocycles. The Balaban J connectivity index is 0.000000292. The number of esters is 1. The maximum Gasteiger partial charge on any atom is 0.333 e. The van der Waals surface area contributed by atoms with Crippen LogP contribution >= 0.6 is 0 Å². The van der Waals surface area contributed by atoms with Gasteiger partial charge in [0.15, 0.2) is 0 Å². The van der Waals surface area contributed by atoms with E-state index in [0.29, 0.717) is 6.61 Å². The molecule has 64 valence electrons. The standard InChI is InChI=1S/C6H8O2.C3H8/c1-2-5-3-4-8-6(5)7;1-3-2/h2H,3-4H2,1H3;3H2,1-2H3/b5-2+;. The van der Waals surface area contributed by atoms with Crippen LogP contribution in [0.3, 0.4) is 0 Å². The molecule has 0 amide bonds. The maximum absolute atomic E-state index is 10.5. The highest BCUT2D eigenvalue weighted by atomic mass is 16.5. The van der Waals surface area contributed by atoms with Crippen LogP contribution in [0.5, 0.6) is 0 Å². The van der Waals surface area contributed by atoms with Crippen molar-refractivity contribution in [1.82, 2.24) is 0 Å². The van der Waals surface area contributed by atoms with E-state index in [0.717, 1.165) is 12.0 Å². The number of cyclic esters (lactones) is 1. The first-order valence-corrected chi connectivity index (χ1v) is 4.08. The number of ether oxygens (including phenoxy) is 1. The molecule has 0 saturated carbocycles. The summed E-state index contributed by atoms with van der Waals surface area (Å²) in [4.78, 5) is 10.5. The van der Waals surface area contributed by atoms with Gasteiger partial charge in [-0.1, -0.05) is 26.3 Å². The lowest BCUT2D eigenvalue weighted by molar-refractivity contribution is -0.135. The molecule has 2 heteroatoms. The predicted molar refractivity (Wildman–Crippen MR) is 45.3 cm³/mol. The second kappa shape index (κ2) is 5.96. The van der Waals surface area contributed by atoms with Crippen molar-refractivity contribution in [1.29, 1.82) is 0 Å². The van der Waals surface area contributed by atoms with Gasteiger partial charge in [-0.25, -0.2) is 4.79 Å². The Bertz CT molecular complexity index is 148. The molecule has 11 heavy (non-hydrogen) atoms. The third-order valence-electron chi connectivity index (χ3n) is 1.22. The van der Waals surface area contributed by atoms with Gasteiger partial charge in [-0.2, -0.15) is 0 Å². The van der Waals surface area contributed by atoms with Crippen molar-refractivity contribution in [2.75, 3.05) is 6.61 Å². The van der Waals surface area contributed by atoms with E-state index in [9.17, 15) is 4.79 Å². The van der Waals surface area contributed by atoms with Crippen molar-refractivity contribution in [3.05, 3.63) is 11.6 Å². The van der Waals surface area contributed by atoms with Gasteiger partial charge in [0.2, 0.25) is 0 Å². The Morgan fingerprint density at radius 2 is 2.09 bits per heavy atom. The molecule has 0 bridgehead atoms. The molecule has 0 aliphatic carbocycles. The van der Waals surface area contributed by atoms with Crippen LogP contribution in [0.4, 0.5) is 0 Å². The fourth-order valence-corrected chi connectivity index (χ4v) is 0.711. The molecule has 0 aromatic heterocycles. The van der Waals surface area contributed by atoms with Crippen molar-refractivity contribution in [2.45, 2.75) is 33.6 Å². The van der Waals surface area contributed by atoms with E-state index in [1.807, 2.05) is 6.92 Å². The van der Waals surface area contributed by atoms with Gasteiger partial charge < -0.3 is 4.74 Å². The second-order valence-electron chi connectivity index (χ2n) is 2.41. The Labute approximate surface area is 68.2 Å². The first kappa shape index (κ1) is 10.2. The quantitative estimate of drug-likeness (QED) is 0.397. The Kier molecular flexibility index (Phi) is 5.53. The first-order chi connectivity index (χ1) is 5.26. The molecule has 0 aromatic carbocycles. The Morgan fingerprint density at radius 3 is 2.27 bits per heavy atom. The Hall–Kier alpha value is -0.790. The molecule has 0 N–H and O–H groups in total. The third kappa shape index (κ3) is 3.81. The minimum atomic E-state index is -0.146. The number of carbonyl (C=O) groups is 1. The van der Waals surface area contributed by atoms with Crippen LogP contribution < -0.4 is 0 Å². The average Bonchev–Trinajstić information content (AvgIpc) is 2.36. The molecule has 1 saturated heterocycles. The fraction of sp³-hybridized carbons (Fsp3) is 0.667. The zero-order valence-corrected chi connectivity index (χ0v) is 7.52. The number of carbonyl (C=O) groups excluding carboxylic acids is 1. The summed E-state index contributed by atoms with van der Waals surface area (Å²) in [6, 6.07) is 0. The van der Waals surface area contributed by atoms with Crippen LogP contribution in [0.1, 0.15) is 33.6 Å². The van der Waals surface area contributed by atoms with Crippen LogP contribution in [0.15, 0.2) is 11.6 Å². The molecule has 1 aliphatic heterocycles. The van der Waals surface area contributed by atoms with Gasteiger partial charge >= 0.3 is 5.97 Å².